The van der Waals surface area contributed by atoms with Crippen LogP contribution in [0.4, 0.5) is 0 Å². The van der Waals surface area contributed by atoms with E-state index in [1.807, 2.05) is 24.3 Å². The Balaban J connectivity index is 1.87. The number of fused-ring (bicyclic) bond motifs is 1. The van der Waals surface area contributed by atoms with Crippen molar-refractivity contribution in [2.24, 2.45) is 5.92 Å². The largest absolute Gasteiger partial charge is 0.490 e. The first-order chi connectivity index (χ1) is 8.72. The first-order valence-corrected chi connectivity index (χ1v) is 6.50. The van der Waals surface area contributed by atoms with Crippen LogP contribution in [0.2, 0.25) is 0 Å². The quantitative estimate of drug-likeness (QED) is 0.880. The first-order valence-electron chi connectivity index (χ1n) is 6.50. The molecule has 1 aromatic heterocycles. The van der Waals surface area contributed by atoms with E-state index in [-0.39, 0.29) is 5.56 Å². The number of H-pyrrole nitrogens is 1. The van der Waals surface area contributed by atoms with Gasteiger partial charge in [-0.3, -0.25) is 4.79 Å². The number of ether oxygens (including phenoxy) is 1. The molecule has 1 aliphatic rings. The molecule has 0 radical (unpaired) electrons. The van der Waals surface area contributed by atoms with Crippen molar-refractivity contribution in [2.75, 3.05) is 0 Å². The highest BCUT2D eigenvalue weighted by atomic mass is 16.5. The van der Waals surface area contributed by atoms with Crippen molar-refractivity contribution < 1.29 is 4.74 Å². The van der Waals surface area contributed by atoms with Crippen LogP contribution in [-0.4, -0.2) is 11.1 Å². The summed E-state index contributed by atoms with van der Waals surface area (Å²) in [7, 11) is 0. The minimum absolute atomic E-state index is 0.0476. The Morgan fingerprint density at radius 2 is 2.17 bits per heavy atom. The van der Waals surface area contributed by atoms with Gasteiger partial charge in [-0.15, -0.1) is 0 Å². The Morgan fingerprint density at radius 1 is 1.28 bits per heavy atom. The molecule has 1 saturated carbocycles. The number of aromatic amines is 1. The molecule has 3 nitrogen and oxygen atoms in total. The number of aromatic nitrogens is 1. The summed E-state index contributed by atoms with van der Waals surface area (Å²) < 4.78 is 5.98. The zero-order chi connectivity index (χ0) is 12.5. The van der Waals surface area contributed by atoms with E-state index in [0.29, 0.717) is 11.5 Å². The molecule has 0 unspecified atom stereocenters. The van der Waals surface area contributed by atoms with E-state index < -0.39 is 0 Å². The Kier molecular flexibility index (Phi) is 2.82. The van der Waals surface area contributed by atoms with Gasteiger partial charge in [0.05, 0.1) is 6.10 Å². The SMILES string of the molecule is C[C@@H]1CC[C@H](Oc2ccc3c(=O)[nH]ccc3c2)C1. The van der Waals surface area contributed by atoms with E-state index in [1.54, 1.807) is 6.20 Å². The molecule has 0 bridgehead atoms. The van der Waals surface area contributed by atoms with E-state index in [0.717, 1.165) is 29.9 Å². The van der Waals surface area contributed by atoms with Gasteiger partial charge in [0.15, 0.2) is 0 Å². The molecular formula is C15H17NO2. The molecule has 1 fully saturated rings. The fraction of sp³-hybridized carbons (Fsp3) is 0.400. The van der Waals surface area contributed by atoms with Crippen LogP contribution >= 0.6 is 0 Å². The second kappa shape index (κ2) is 4.48. The van der Waals surface area contributed by atoms with E-state index in [1.165, 1.54) is 6.42 Å². The lowest BCUT2D eigenvalue weighted by molar-refractivity contribution is 0.206. The highest BCUT2D eigenvalue weighted by molar-refractivity contribution is 5.82. The Labute approximate surface area is 106 Å². The van der Waals surface area contributed by atoms with Crippen LogP contribution in [0.3, 0.4) is 0 Å². The summed E-state index contributed by atoms with van der Waals surface area (Å²) in [6, 6.07) is 7.58. The minimum Gasteiger partial charge on any atom is -0.490 e. The highest BCUT2D eigenvalue weighted by Gasteiger charge is 2.22. The molecule has 3 heteroatoms. The predicted molar refractivity (Wildman–Crippen MR) is 72.0 cm³/mol. The molecule has 18 heavy (non-hydrogen) atoms. The summed E-state index contributed by atoms with van der Waals surface area (Å²) in [6.07, 6.45) is 5.52. The van der Waals surface area contributed by atoms with Crippen LogP contribution in [0.1, 0.15) is 26.2 Å². The molecule has 0 aliphatic heterocycles. The summed E-state index contributed by atoms with van der Waals surface area (Å²) >= 11 is 0. The van der Waals surface area contributed by atoms with Crippen LogP contribution in [0, 0.1) is 5.92 Å². The summed E-state index contributed by atoms with van der Waals surface area (Å²) in [5.41, 5.74) is -0.0476. The van der Waals surface area contributed by atoms with Crippen molar-refractivity contribution in [1.29, 1.82) is 0 Å². The normalized spacial score (nSPS) is 23.4. The predicted octanol–water partition coefficient (Wildman–Crippen LogP) is 3.10. The molecule has 0 amide bonds. The summed E-state index contributed by atoms with van der Waals surface area (Å²) in [4.78, 5) is 14.3. The van der Waals surface area contributed by atoms with E-state index in [9.17, 15) is 4.79 Å². The lowest BCUT2D eigenvalue weighted by Crippen LogP contribution is -2.12. The van der Waals surface area contributed by atoms with Gasteiger partial charge in [0.2, 0.25) is 0 Å². The smallest absolute Gasteiger partial charge is 0.255 e. The van der Waals surface area contributed by atoms with E-state index >= 15 is 0 Å². The average Bonchev–Trinajstić information content (AvgIpc) is 2.75. The lowest BCUT2D eigenvalue weighted by Gasteiger charge is -2.13. The zero-order valence-corrected chi connectivity index (χ0v) is 10.5. The molecule has 94 valence electrons. The second-order valence-electron chi connectivity index (χ2n) is 5.21. The van der Waals surface area contributed by atoms with Crippen LogP contribution in [0.15, 0.2) is 35.3 Å². The van der Waals surface area contributed by atoms with Gasteiger partial charge in [0.1, 0.15) is 5.75 Å². The maximum absolute atomic E-state index is 11.6. The molecule has 2 atom stereocenters. The molecule has 1 heterocycles. The van der Waals surface area contributed by atoms with Gasteiger partial charge < -0.3 is 9.72 Å². The number of pyridine rings is 1. The fourth-order valence-corrected chi connectivity index (χ4v) is 2.70. The second-order valence-corrected chi connectivity index (χ2v) is 5.21. The van der Waals surface area contributed by atoms with Crippen LogP contribution in [0.25, 0.3) is 10.8 Å². The van der Waals surface area contributed by atoms with Crippen molar-refractivity contribution in [2.45, 2.75) is 32.3 Å². The summed E-state index contributed by atoms with van der Waals surface area (Å²) in [6.45, 7) is 2.27. The van der Waals surface area contributed by atoms with Crippen molar-refractivity contribution in [1.82, 2.24) is 4.98 Å². The van der Waals surface area contributed by atoms with E-state index in [4.69, 9.17) is 4.74 Å². The van der Waals surface area contributed by atoms with Gasteiger partial charge >= 0.3 is 0 Å². The average molecular weight is 243 g/mol. The first kappa shape index (κ1) is 11.3. The Morgan fingerprint density at radius 3 is 2.94 bits per heavy atom. The van der Waals surface area contributed by atoms with Crippen molar-refractivity contribution in [3.63, 3.8) is 0 Å². The number of benzene rings is 1. The van der Waals surface area contributed by atoms with Gasteiger partial charge in [-0.25, -0.2) is 0 Å². The van der Waals surface area contributed by atoms with Crippen LogP contribution < -0.4 is 10.3 Å². The van der Waals surface area contributed by atoms with Crippen molar-refractivity contribution >= 4 is 10.8 Å². The van der Waals surface area contributed by atoms with Crippen molar-refractivity contribution in [3.8, 4) is 5.75 Å². The Bertz CT molecular complexity index is 617. The van der Waals surface area contributed by atoms with Gasteiger partial charge in [-0.2, -0.15) is 0 Å². The molecule has 1 aromatic carbocycles. The summed E-state index contributed by atoms with van der Waals surface area (Å²) in [5, 5.41) is 1.65. The third-order valence-corrected chi connectivity index (χ3v) is 3.69. The number of hydrogen-bond donors (Lipinski definition) is 1. The third kappa shape index (κ3) is 2.13. The molecule has 1 aliphatic carbocycles. The highest BCUT2D eigenvalue weighted by Crippen LogP contribution is 2.29. The molecular weight excluding hydrogens is 226 g/mol. The van der Waals surface area contributed by atoms with Gasteiger partial charge in [-0.05, 0) is 54.8 Å². The van der Waals surface area contributed by atoms with Crippen LogP contribution in [0.5, 0.6) is 5.75 Å². The van der Waals surface area contributed by atoms with Gasteiger partial charge in [0, 0.05) is 11.6 Å². The number of nitrogens with one attached hydrogen (secondary N) is 1. The molecule has 2 aromatic rings. The fourth-order valence-electron chi connectivity index (χ4n) is 2.70. The maximum Gasteiger partial charge on any atom is 0.255 e. The zero-order valence-electron chi connectivity index (χ0n) is 10.5. The lowest BCUT2D eigenvalue weighted by atomic mass is 10.1. The molecule has 1 N–H and O–H groups in total. The van der Waals surface area contributed by atoms with Gasteiger partial charge in [-0.1, -0.05) is 6.92 Å². The number of hydrogen-bond acceptors (Lipinski definition) is 2. The summed E-state index contributed by atoms with van der Waals surface area (Å²) in [5.74, 6) is 1.63. The van der Waals surface area contributed by atoms with E-state index in [2.05, 4.69) is 11.9 Å². The molecule has 3 rings (SSSR count). The topological polar surface area (TPSA) is 42.1 Å². The molecule has 0 saturated heterocycles. The Hall–Kier alpha value is -1.77. The maximum atomic E-state index is 11.6. The van der Waals surface area contributed by atoms with Crippen LogP contribution in [-0.2, 0) is 0 Å². The third-order valence-electron chi connectivity index (χ3n) is 3.69. The number of rotatable bonds is 2. The van der Waals surface area contributed by atoms with Crippen molar-refractivity contribution in [3.05, 3.63) is 40.8 Å². The monoisotopic (exact) mass is 243 g/mol. The van der Waals surface area contributed by atoms with Gasteiger partial charge in [0.25, 0.3) is 5.56 Å². The molecule has 0 spiro atoms. The standard InChI is InChI=1S/C15H17NO2/c1-10-2-3-12(8-10)18-13-4-5-14-11(9-13)6-7-16-15(14)17/h4-7,9-10,12H,2-3,8H2,1H3,(H,16,17)/t10-,12+/m1/s1. The minimum atomic E-state index is -0.0476.